The summed E-state index contributed by atoms with van der Waals surface area (Å²) < 4.78 is 0.524. The van der Waals surface area contributed by atoms with Crippen LogP contribution in [0.2, 0.25) is 0 Å². The van der Waals surface area contributed by atoms with Crippen molar-refractivity contribution in [3.05, 3.63) is 27.0 Å². The molecule has 1 fully saturated rings. The van der Waals surface area contributed by atoms with Gasteiger partial charge < -0.3 is 15.3 Å². The molecule has 0 unspecified atom stereocenters. The number of nitrogens with zero attached hydrogens (tertiary/aromatic N) is 3. The van der Waals surface area contributed by atoms with Crippen molar-refractivity contribution in [2.75, 3.05) is 25.0 Å². The van der Waals surface area contributed by atoms with E-state index < -0.39 is 11.0 Å². The molecule has 1 aliphatic heterocycles. The number of amides is 1. The van der Waals surface area contributed by atoms with Crippen LogP contribution in [0.4, 0.5) is 16.2 Å². The number of carboxylic acid groups (broad SMARTS) is 1. The molecule has 8 nitrogen and oxygen atoms in total. The average Bonchev–Trinajstić information content (AvgIpc) is 2.45. The molecule has 0 atom stereocenters. The van der Waals surface area contributed by atoms with Gasteiger partial charge in [0.2, 0.25) is 0 Å². The zero-order valence-electron chi connectivity index (χ0n) is 11.2. The quantitative estimate of drug-likeness (QED) is 0.486. The highest BCUT2D eigenvalue weighted by Crippen LogP contribution is 2.27. The number of anilines is 1. The van der Waals surface area contributed by atoms with Crippen LogP contribution in [-0.4, -0.2) is 45.6 Å². The lowest BCUT2D eigenvalue weighted by atomic mass is 9.97. The first-order valence-corrected chi connectivity index (χ1v) is 7.28. The van der Waals surface area contributed by atoms with E-state index in [4.69, 9.17) is 5.11 Å². The van der Waals surface area contributed by atoms with Crippen LogP contribution in [0.5, 0.6) is 0 Å². The van der Waals surface area contributed by atoms with Crippen LogP contribution in [0.1, 0.15) is 12.8 Å². The van der Waals surface area contributed by atoms with Crippen molar-refractivity contribution in [3.63, 3.8) is 0 Å². The van der Waals surface area contributed by atoms with Crippen molar-refractivity contribution in [2.24, 2.45) is 5.92 Å². The molecule has 2 heterocycles. The minimum absolute atomic E-state index is 0.0684. The van der Waals surface area contributed by atoms with Crippen LogP contribution in [0.15, 0.2) is 16.9 Å². The van der Waals surface area contributed by atoms with Crippen molar-refractivity contribution in [2.45, 2.75) is 12.8 Å². The fourth-order valence-electron chi connectivity index (χ4n) is 2.29. The van der Waals surface area contributed by atoms with E-state index in [0.717, 1.165) is 12.8 Å². The van der Waals surface area contributed by atoms with E-state index >= 15 is 0 Å². The van der Waals surface area contributed by atoms with Gasteiger partial charge in [-0.3, -0.25) is 10.1 Å². The predicted octanol–water partition coefficient (Wildman–Crippen LogP) is 2.55. The topological polar surface area (TPSA) is 109 Å². The predicted molar refractivity (Wildman–Crippen MR) is 79.4 cm³/mol. The Balaban J connectivity index is 1.93. The van der Waals surface area contributed by atoms with Gasteiger partial charge in [-0.05, 0) is 34.7 Å². The highest BCUT2D eigenvalue weighted by atomic mass is 79.9. The summed E-state index contributed by atoms with van der Waals surface area (Å²) >= 11 is 3.19. The standard InChI is InChI=1S/C12H15BrN4O4/c13-11-5-9(10(7-15-11)17(20)21)14-6-8-1-3-16(4-2-8)12(18)19/h5,7-8H,1-4,6H2,(H,14,15)(H,18,19). The zero-order valence-corrected chi connectivity index (χ0v) is 12.7. The van der Waals surface area contributed by atoms with E-state index in [9.17, 15) is 14.9 Å². The van der Waals surface area contributed by atoms with Gasteiger partial charge in [-0.2, -0.15) is 0 Å². The Morgan fingerprint density at radius 2 is 2.24 bits per heavy atom. The second-order valence-electron chi connectivity index (χ2n) is 4.88. The zero-order chi connectivity index (χ0) is 15.4. The molecular weight excluding hydrogens is 344 g/mol. The lowest BCUT2D eigenvalue weighted by Crippen LogP contribution is -2.39. The molecule has 1 aromatic heterocycles. The van der Waals surface area contributed by atoms with Gasteiger partial charge in [0.05, 0.1) is 4.92 Å². The van der Waals surface area contributed by atoms with Crippen LogP contribution in [0.25, 0.3) is 0 Å². The molecule has 2 N–H and O–H groups in total. The Hall–Kier alpha value is -1.90. The second-order valence-corrected chi connectivity index (χ2v) is 5.69. The normalized spacial score (nSPS) is 15.8. The summed E-state index contributed by atoms with van der Waals surface area (Å²) in [4.78, 5) is 26.5. The number of carbonyl (C=O) groups is 1. The van der Waals surface area contributed by atoms with Crippen molar-refractivity contribution in [1.29, 1.82) is 0 Å². The van der Waals surface area contributed by atoms with Crippen LogP contribution in [-0.2, 0) is 0 Å². The first kappa shape index (κ1) is 15.5. The van der Waals surface area contributed by atoms with E-state index in [0.29, 0.717) is 35.8 Å². The monoisotopic (exact) mass is 358 g/mol. The fourth-order valence-corrected chi connectivity index (χ4v) is 2.62. The molecule has 0 spiro atoms. The van der Waals surface area contributed by atoms with E-state index in [1.54, 1.807) is 6.07 Å². The number of hydrogen-bond donors (Lipinski definition) is 2. The smallest absolute Gasteiger partial charge is 0.407 e. The minimum atomic E-state index is -0.893. The number of nitro groups is 1. The van der Waals surface area contributed by atoms with Crippen LogP contribution in [0.3, 0.4) is 0 Å². The van der Waals surface area contributed by atoms with E-state index in [2.05, 4.69) is 26.2 Å². The van der Waals surface area contributed by atoms with Crippen molar-refractivity contribution in [1.82, 2.24) is 9.88 Å². The van der Waals surface area contributed by atoms with Crippen molar-refractivity contribution < 1.29 is 14.8 Å². The van der Waals surface area contributed by atoms with Crippen LogP contribution in [0, 0.1) is 16.0 Å². The van der Waals surface area contributed by atoms with Gasteiger partial charge in [0.15, 0.2) is 0 Å². The molecule has 0 aromatic carbocycles. The Morgan fingerprint density at radius 1 is 1.57 bits per heavy atom. The van der Waals surface area contributed by atoms with Gasteiger partial charge in [0.25, 0.3) is 0 Å². The van der Waals surface area contributed by atoms with Gasteiger partial charge in [-0.15, -0.1) is 0 Å². The summed E-state index contributed by atoms with van der Waals surface area (Å²) in [5.41, 5.74) is 0.351. The van der Waals surface area contributed by atoms with Gasteiger partial charge in [0, 0.05) is 25.7 Å². The number of aromatic nitrogens is 1. The summed E-state index contributed by atoms with van der Waals surface area (Å²) in [6, 6.07) is 1.57. The SMILES string of the molecule is O=C(O)N1CCC(CNc2cc(Br)ncc2[N+](=O)[O-])CC1. The van der Waals surface area contributed by atoms with Crippen LogP contribution >= 0.6 is 15.9 Å². The molecule has 1 aliphatic rings. The highest BCUT2D eigenvalue weighted by Gasteiger charge is 2.23. The van der Waals surface area contributed by atoms with Crippen molar-refractivity contribution >= 4 is 33.4 Å². The molecule has 9 heteroatoms. The number of rotatable bonds is 4. The van der Waals surface area contributed by atoms with E-state index in [1.807, 2.05) is 0 Å². The third-order valence-corrected chi connectivity index (χ3v) is 3.95. The molecule has 0 aliphatic carbocycles. The Labute approximate surface area is 129 Å². The lowest BCUT2D eigenvalue weighted by Gasteiger charge is -2.30. The maximum absolute atomic E-state index is 10.9. The summed E-state index contributed by atoms with van der Waals surface area (Å²) in [5, 5.41) is 22.9. The van der Waals surface area contributed by atoms with Crippen molar-refractivity contribution in [3.8, 4) is 0 Å². The third kappa shape index (κ3) is 4.03. The third-order valence-electron chi connectivity index (χ3n) is 3.51. The average molecular weight is 359 g/mol. The molecular formula is C12H15BrN4O4. The highest BCUT2D eigenvalue weighted by molar-refractivity contribution is 9.10. The molecule has 0 radical (unpaired) electrons. The minimum Gasteiger partial charge on any atom is -0.465 e. The van der Waals surface area contributed by atoms with E-state index in [-0.39, 0.29) is 5.69 Å². The number of halogens is 1. The number of nitrogens with one attached hydrogen (secondary N) is 1. The van der Waals surface area contributed by atoms with Gasteiger partial charge in [-0.1, -0.05) is 0 Å². The number of piperidine rings is 1. The van der Waals surface area contributed by atoms with E-state index in [1.165, 1.54) is 11.1 Å². The first-order valence-electron chi connectivity index (χ1n) is 6.49. The number of pyridine rings is 1. The molecule has 114 valence electrons. The summed E-state index contributed by atoms with van der Waals surface area (Å²) in [5.74, 6) is 0.298. The largest absolute Gasteiger partial charge is 0.465 e. The molecule has 1 amide bonds. The van der Waals surface area contributed by atoms with Gasteiger partial charge >= 0.3 is 11.8 Å². The fraction of sp³-hybridized carbons (Fsp3) is 0.500. The summed E-state index contributed by atoms with van der Waals surface area (Å²) in [6.07, 6.45) is 1.81. The maximum atomic E-state index is 10.9. The Bertz CT molecular complexity index is 546. The number of hydrogen-bond acceptors (Lipinski definition) is 5. The molecule has 0 bridgehead atoms. The second kappa shape index (κ2) is 6.70. The lowest BCUT2D eigenvalue weighted by molar-refractivity contribution is -0.384. The van der Waals surface area contributed by atoms with Crippen LogP contribution < -0.4 is 5.32 Å². The van der Waals surface area contributed by atoms with Gasteiger partial charge in [-0.25, -0.2) is 9.78 Å². The molecule has 1 aromatic rings. The number of likely N-dealkylation sites (tertiary alicyclic amines) is 1. The van der Waals surface area contributed by atoms with Gasteiger partial charge in [0.1, 0.15) is 16.5 Å². The summed E-state index contributed by atoms with van der Waals surface area (Å²) in [7, 11) is 0. The Morgan fingerprint density at radius 3 is 2.81 bits per heavy atom. The Kier molecular flexibility index (Phi) is 4.94. The molecule has 1 saturated heterocycles. The maximum Gasteiger partial charge on any atom is 0.407 e. The molecule has 2 rings (SSSR count). The molecule has 21 heavy (non-hydrogen) atoms. The molecule has 0 saturated carbocycles. The summed E-state index contributed by atoms with van der Waals surface area (Å²) in [6.45, 7) is 1.58. The first-order chi connectivity index (χ1) is 9.97.